The van der Waals surface area contributed by atoms with E-state index < -0.39 is 10.0 Å². The number of sulfonamides is 1. The van der Waals surface area contributed by atoms with E-state index >= 15 is 0 Å². The predicted molar refractivity (Wildman–Crippen MR) is 77.8 cm³/mol. The minimum atomic E-state index is -3.47. The summed E-state index contributed by atoms with van der Waals surface area (Å²) in [6.07, 6.45) is 1.98. The third-order valence-electron chi connectivity index (χ3n) is 3.53. The monoisotopic (exact) mass is 302 g/mol. The van der Waals surface area contributed by atoms with Gasteiger partial charge >= 0.3 is 0 Å². The van der Waals surface area contributed by atoms with Crippen molar-refractivity contribution in [3.8, 4) is 0 Å². The molecule has 1 atom stereocenters. The van der Waals surface area contributed by atoms with E-state index in [0.717, 1.165) is 12.8 Å². The third kappa shape index (κ3) is 2.88. The summed E-state index contributed by atoms with van der Waals surface area (Å²) in [6, 6.07) is 3.07. The van der Waals surface area contributed by atoms with Gasteiger partial charge in [-0.2, -0.15) is 4.31 Å². The van der Waals surface area contributed by atoms with Crippen LogP contribution in [0.15, 0.2) is 17.0 Å². The molecule has 1 saturated heterocycles. The molecule has 0 aromatic heterocycles. The van der Waals surface area contributed by atoms with Gasteiger partial charge in [-0.1, -0.05) is 18.5 Å². The van der Waals surface area contributed by atoms with E-state index in [4.69, 9.17) is 17.3 Å². The molecular weight excluding hydrogens is 284 g/mol. The highest BCUT2D eigenvalue weighted by Crippen LogP contribution is 2.30. The fourth-order valence-corrected chi connectivity index (χ4v) is 4.51. The third-order valence-corrected chi connectivity index (χ3v) is 5.87. The van der Waals surface area contributed by atoms with E-state index in [1.165, 1.54) is 6.07 Å². The van der Waals surface area contributed by atoms with E-state index in [9.17, 15) is 8.42 Å². The van der Waals surface area contributed by atoms with Gasteiger partial charge in [0.2, 0.25) is 10.0 Å². The molecule has 2 rings (SSSR count). The van der Waals surface area contributed by atoms with Crippen LogP contribution in [-0.4, -0.2) is 25.8 Å². The Morgan fingerprint density at radius 2 is 2.11 bits per heavy atom. The van der Waals surface area contributed by atoms with Crippen LogP contribution in [0.25, 0.3) is 0 Å². The van der Waals surface area contributed by atoms with Crippen LogP contribution >= 0.6 is 11.6 Å². The van der Waals surface area contributed by atoms with Gasteiger partial charge in [-0.05, 0) is 43.4 Å². The molecule has 6 heteroatoms. The molecule has 1 aromatic carbocycles. The Morgan fingerprint density at radius 1 is 1.42 bits per heavy atom. The highest BCUT2D eigenvalue weighted by molar-refractivity contribution is 7.89. The average Bonchev–Trinajstić information content (AvgIpc) is 2.33. The number of rotatable bonds is 2. The largest absolute Gasteiger partial charge is 0.397 e. The summed E-state index contributed by atoms with van der Waals surface area (Å²) >= 11 is 5.91. The minimum Gasteiger partial charge on any atom is -0.397 e. The van der Waals surface area contributed by atoms with E-state index in [1.807, 2.05) is 0 Å². The zero-order valence-corrected chi connectivity index (χ0v) is 12.8. The second-order valence-electron chi connectivity index (χ2n) is 5.25. The van der Waals surface area contributed by atoms with Crippen molar-refractivity contribution in [2.24, 2.45) is 5.92 Å². The van der Waals surface area contributed by atoms with Crippen LogP contribution in [0.4, 0.5) is 5.69 Å². The summed E-state index contributed by atoms with van der Waals surface area (Å²) in [5, 5.41) is 0.392. The van der Waals surface area contributed by atoms with Crippen LogP contribution in [0.3, 0.4) is 0 Å². The topological polar surface area (TPSA) is 63.4 Å². The van der Waals surface area contributed by atoms with Crippen LogP contribution in [-0.2, 0) is 10.0 Å². The molecule has 0 saturated carbocycles. The minimum absolute atomic E-state index is 0.267. The van der Waals surface area contributed by atoms with Gasteiger partial charge in [-0.3, -0.25) is 0 Å². The first kappa shape index (κ1) is 14.6. The summed E-state index contributed by atoms with van der Waals surface area (Å²) in [5.41, 5.74) is 6.67. The Kier molecular flexibility index (Phi) is 4.08. The number of nitrogens with two attached hydrogens (primary N) is 1. The average molecular weight is 303 g/mol. The predicted octanol–water partition coefficient (Wildman–Crippen LogP) is 2.65. The molecule has 4 nitrogen and oxygen atoms in total. The number of nitrogen functional groups attached to an aromatic ring is 1. The maximum Gasteiger partial charge on any atom is 0.243 e. The number of hydrogen-bond donors (Lipinski definition) is 1. The quantitative estimate of drug-likeness (QED) is 0.854. The Labute approximate surface area is 119 Å². The molecular formula is C13H19ClN2O2S. The summed E-state index contributed by atoms with van der Waals surface area (Å²) in [4.78, 5) is 0.267. The maximum absolute atomic E-state index is 12.6. The molecule has 0 amide bonds. The lowest BCUT2D eigenvalue weighted by atomic mass is 10.0. The Morgan fingerprint density at radius 3 is 2.74 bits per heavy atom. The Balaban J connectivity index is 2.42. The van der Waals surface area contributed by atoms with Crippen molar-refractivity contribution in [2.75, 3.05) is 18.8 Å². The maximum atomic E-state index is 12.6. The highest BCUT2D eigenvalue weighted by Gasteiger charge is 2.30. The number of halogens is 1. The molecule has 2 N–H and O–H groups in total. The number of piperidine rings is 1. The molecule has 1 aromatic rings. The van der Waals surface area contributed by atoms with Crippen molar-refractivity contribution in [1.82, 2.24) is 4.31 Å². The lowest BCUT2D eigenvalue weighted by Crippen LogP contribution is -2.39. The van der Waals surface area contributed by atoms with Crippen LogP contribution in [0.5, 0.6) is 0 Å². The molecule has 1 fully saturated rings. The number of nitrogens with zero attached hydrogens (tertiary/aromatic N) is 1. The summed E-state index contributed by atoms with van der Waals surface area (Å²) < 4.78 is 26.8. The number of benzene rings is 1. The number of aryl methyl sites for hydroxylation is 1. The molecule has 19 heavy (non-hydrogen) atoms. The lowest BCUT2D eigenvalue weighted by Gasteiger charge is -2.30. The summed E-state index contributed by atoms with van der Waals surface area (Å²) in [6.45, 7) is 4.97. The zero-order valence-electron chi connectivity index (χ0n) is 11.2. The Hall–Kier alpha value is -0.780. The van der Waals surface area contributed by atoms with Gasteiger partial charge in [0.15, 0.2) is 0 Å². The van der Waals surface area contributed by atoms with E-state index in [2.05, 4.69) is 6.92 Å². The SMILES string of the molecule is Cc1cc(Cl)c(N)cc1S(=O)(=O)N1CCCC(C)C1. The van der Waals surface area contributed by atoms with Gasteiger partial charge < -0.3 is 5.73 Å². The normalized spacial score (nSPS) is 21.5. The molecule has 0 bridgehead atoms. The van der Waals surface area contributed by atoms with E-state index in [0.29, 0.717) is 35.3 Å². The second-order valence-corrected chi connectivity index (χ2v) is 7.56. The van der Waals surface area contributed by atoms with Crippen LogP contribution in [0.2, 0.25) is 5.02 Å². The first-order valence-corrected chi connectivity index (χ1v) is 8.20. The van der Waals surface area contributed by atoms with Crippen molar-refractivity contribution >= 4 is 27.3 Å². The van der Waals surface area contributed by atoms with Gasteiger partial charge in [0.05, 0.1) is 15.6 Å². The molecule has 1 aliphatic heterocycles. The van der Waals surface area contributed by atoms with Gasteiger partial charge in [0, 0.05) is 13.1 Å². The van der Waals surface area contributed by atoms with Crippen molar-refractivity contribution in [3.63, 3.8) is 0 Å². The van der Waals surface area contributed by atoms with Crippen LogP contribution < -0.4 is 5.73 Å². The van der Waals surface area contributed by atoms with E-state index in [-0.39, 0.29) is 4.90 Å². The standard InChI is InChI=1S/C13H19ClN2O2S/c1-9-4-3-5-16(8-9)19(17,18)13-7-12(15)11(14)6-10(13)2/h6-7,9H,3-5,8,15H2,1-2H3. The van der Waals surface area contributed by atoms with Crippen LogP contribution in [0.1, 0.15) is 25.3 Å². The van der Waals surface area contributed by atoms with Crippen molar-refractivity contribution in [2.45, 2.75) is 31.6 Å². The Bertz CT molecular complexity index is 587. The summed E-state index contributed by atoms with van der Waals surface area (Å²) in [7, 11) is -3.47. The fraction of sp³-hybridized carbons (Fsp3) is 0.538. The molecule has 106 valence electrons. The van der Waals surface area contributed by atoms with Gasteiger partial charge in [0.25, 0.3) is 0 Å². The number of hydrogen-bond acceptors (Lipinski definition) is 3. The molecule has 1 heterocycles. The van der Waals surface area contributed by atoms with Gasteiger partial charge in [-0.15, -0.1) is 0 Å². The zero-order chi connectivity index (χ0) is 14.2. The van der Waals surface area contributed by atoms with Crippen LogP contribution in [0, 0.1) is 12.8 Å². The lowest BCUT2D eigenvalue weighted by molar-refractivity contribution is 0.281. The van der Waals surface area contributed by atoms with Crippen molar-refractivity contribution in [3.05, 3.63) is 22.7 Å². The van der Waals surface area contributed by atoms with Crippen molar-refractivity contribution < 1.29 is 8.42 Å². The first-order valence-electron chi connectivity index (χ1n) is 6.38. The molecule has 0 radical (unpaired) electrons. The molecule has 1 aliphatic rings. The van der Waals surface area contributed by atoms with Gasteiger partial charge in [-0.25, -0.2) is 8.42 Å². The molecule has 0 spiro atoms. The molecule has 1 unspecified atom stereocenters. The van der Waals surface area contributed by atoms with Crippen molar-refractivity contribution in [1.29, 1.82) is 0 Å². The summed E-state index contributed by atoms with van der Waals surface area (Å²) in [5.74, 6) is 0.397. The smallest absolute Gasteiger partial charge is 0.243 e. The molecule has 0 aliphatic carbocycles. The second kappa shape index (κ2) is 5.31. The van der Waals surface area contributed by atoms with E-state index in [1.54, 1.807) is 17.3 Å². The van der Waals surface area contributed by atoms with Gasteiger partial charge in [0.1, 0.15) is 0 Å². The number of anilines is 1. The first-order chi connectivity index (χ1) is 8.82. The fourth-order valence-electron chi connectivity index (χ4n) is 2.45. The highest BCUT2D eigenvalue weighted by atomic mass is 35.5.